The molecule has 0 radical (unpaired) electrons. The molecule has 2 saturated heterocycles. The average molecular weight is 405 g/mol. The zero-order valence-corrected chi connectivity index (χ0v) is 16.5. The largest absolute Gasteiger partial charge is 0.488 e. The van der Waals surface area contributed by atoms with Gasteiger partial charge in [0, 0.05) is 44.7 Å². The molecule has 0 bridgehead atoms. The van der Waals surface area contributed by atoms with Gasteiger partial charge in [-0.05, 0) is 31.4 Å². The van der Waals surface area contributed by atoms with Crippen molar-refractivity contribution in [2.45, 2.75) is 50.3 Å². The topological polar surface area (TPSA) is 73.3 Å². The van der Waals surface area contributed by atoms with Crippen LogP contribution in [0, 0.1) is 5.82 Å². The maximum atomic E-state index is 13.4. The molecule has 0 unspecified atom stereocenters. The molecule has 2 aliphatic heterocycles. The molecular weight excluding hydrogens is 377 g/mol. The summed E-state index contributed by atoms with van der Waals surface area (Å²) in [5.41, 5.74) is 0. The van der Waals surface area contributed by atoms with Gasteiger partial charge in [0.2, 0.25) is 5.91 Å². The summed E-state index contributed by atoms with van der Waals surface area (Å²) in [6, 6.07) is 5.67. The van der Waals surface area contributed by atoms with Crippen LogP contribution in [0.1, 0.15) is 32.1 Å². The fourth-order valence-corrected chi connectivity index (χ4v) is 4.55. The summed E-state index contributed by atoms with van der Waals surface area (Å²) >= 11 is 0. The van der Waals surface area contributed by atoms with E-state index in [1.54, 1.807) is 12.1 Å². The Balaban J connectivity index is 1.40. The van der Waals surface area contributed by atoms with Gasteiger partial charge in [-0.1, -0.05) is 12.5 Å². The molecule has 2 amide bonds. The standard InChI is InChI=1S/C21H28FN3O4/c22-15-4-1-7-17(12-15)29-18-13-19(25(14-18)21(27)28)20(26)24-9-3-8-23(10-11-24)16-5-2-6-16/h1,4,7,12,16,18-19H,2-3,5-6,8-11,13-14H2,(H,27,28)/t18-,19+/m1/s1. The summed E-state index contributed by atoms with van der Waals surface area (Å²) in [6.07, 6.45) is 3.35. The first-order valence-electron chi connectivity index (χ1n) is 10.5. The first kappa shape index (κ1) is 19.9. The maximum Gasteiger partial charge on any atom is 0.408 e. The third kappa shape index (κ3) is 4.47. The van der Waals surface area contributed by atoms with Crippen molar-refractivity contribution in [1.82, 2.24) is 14.7 Å². The number of halogens is 1. The molecule has 1 N–H and O–H groups in total. The fraction of sp³-hybridized carbons (Fsp3) is 0.619. The van der Waals surface area contributed by atoms with Crippen molar-refractivity contribution in [3.8, 4) is 5.75 Å². The van der Waals surface area contributed by atoms with E-state index in [1.807, 2.05) is 4.90 Å². The lowest BCUT2D eigenvalue weighted by atomic mass is 9.91. The van der Waals surface area contributed by atoms with Crippen molar-refractivity contribution >= 4 is 12.0 Å². The van der Waals surface area contributed by atoms with Crippen molar-refractivity contribution in [2.75, 3.05) is 32.7 Å². The van der Waals surface area contributed by atoms with E-state index in [0.29, 0.717) is 24.9 Å². The molecule has 1 aliphatic carbocycles. The van der Waals surface area contributed by atoms with Crippen LogP contribution in [0.3, 0.4) is 0 Å². The molecule has 0 aromatic heterocycles. The van der Waals surface area contributed by atoms with Gasteiger partial charge in [0.05, 0.1) is 6.54 Å². The number of amides is 2. The van der Waals surface area contributed by atoms with Crippen LogP contribution in [0.25, 0.3) is 0 Å². The van der Waals surface area contributed by atoms with E-state index < -0.39 is 24.1 Å². The molecular formula is C21H28FN3O4. The molecule has 4 rings (SSSR count). The number of carboxylic acid groups (broad SMARTS) is 1. The molecule has 0 spiro atoms. The van der Waals surface area contributed by atoms with E-state index in [9.17, 15) is 19.1 Å². The Morgan fingerprint density at radius 1 is 1.10 bits per heavy atom. The third-order valence-corrected chi connectivity index (χ3v) is 6.33. The predicted molar refractivity (Wildman–Crippen MR) is 104 cm³/mol. The molecule has 3 fully saturated rings. The zero-order valence-electron chi connectivity index (χ0n) is 16.5. The zero-order chi connectivity index (χ0) is 20.4. The molecule has 158 valence electrons. The van der Waals surface area contributed by atoms with Gasteiger partial charge in [0.25, 0.3) is 0 Å². The number of carbonyl (C=O) groups is 2. The first-order valence-corrected chi connectivity index (χ1v) is 10.5. The van der Waals surface area contributed by atoms with Crippen LogP contribution in [-0.2, 0) is 4.79 Å². The molecule has 8 heteroatoms. The highest BCUT2D eigenvalue weighted by Crippen LogP contribution is 2.27. The minimum Gasteiger partial charge on any atom is -0.488 e. The Kier molecular flexibility index (Phi) is 5.89. The van der Waals surface area contributed by atoms with Gasteiger partial charge in [-0.25, -0.2) is 9.18 Å². The minimum absolute atomic E-state index is 0.101. The normalized spacial score (nSPS) is 26.1. The number of likely N-dealkylation sites (tertiary alicyclic amines) is 1. The summed E-state index contributed by atoms with van der Waals surface area (Å²) in [4.78, 5) is 30.4. The molecule has 1 aromatic carbocycles. The van der Waals surface area contributed by atoms with Gasteiger partial charge in [-0.15, -0.1) is 0 Å². The molecule has 1 aromatic rings. The van der Waals surface area contributed by atoms with Gasteiger partial charge in [0.1, 0.15) is 23.7 Å². The SMILES string of the molecule is O=C([C@@H]1C[C@@H](Oc2cccc(F)c2)CN1C(=O)O)N1CCCN(C2CCC2)CC1. The Labute approximate surface area is 170 Å². The summed E-state index contributed by atoms with van der Waals surface area (Å²) in [5.74, 6) is -0.212. The predicted octanol–water partition coefficient (Wildman–Crippen LogP) is 2.41. The Hall–Kier alpha value is -2.35. The van der Waals surface area contributed by atoms with E-state index in [4.69, 9.17) is 4.74 Å². The second-order valence-electron chi connectivity index (χ2n) is 8.18. The third-order valence-electron chi connectivity index (χ3n) is 6.33. The highest BCUT2D eigenvalue weighted by atomic mass is 19.1. The molecule has 2 atom stereocenters. The lowest BCUT2D eigenvalue weighted by molar-refractivity contribution is -0.135. The summed E-state index contributed by atoms with van der Waals surface area (Å²) in [6.45, 7) is 3.23. The lowest BCUT2D eigenvalue weighted by Crippen LogP contribution is -2.49. The maximum absolute atomic E-state index is 13.4. The highest BCUT2D eigenvalue weighted by Gasteiger charge is 2.43. The van der Waals surface area contributed by atoms with Crippen molar-refractivity contribution in [3.05, 3.63) is 30.1 Å². The van der Waals surface area contributed by atoms with Crippen molar-refractivity contribution < 1.29 is 23.8 Å². The molecule has 29 heavy (non-hydrogen) atoms. The van der Waals surface area contributed by atoms with Gasteiger partial charge in [0.15, 0.2) is 0 Å². The van der Waals surface area contributed by atoms with Gasteiger partial charge < -0.3 is 14.7 Å². The lowest BCUT2D eigenvalue weighted by Gasteiger charge is -2.36. The van der Waals surface area contributed by atoms with Crippen LogP contribution in [0.4, 0.5) is 9.18 Å². The minimum atomic E-state index is -1.13. The van der Waals surface area contributed by atoms with E-state index in [0.717, 1.165) is 19.5 Å². The average Bonchev–Trinajstić information content (AvgIpc) is 2.91. The molecule has 1 saturated carbocycles. The number of hydrogen-bond donors (Lipinski definition) is 1. The Morgan fingerprint density at radius 3 is 2.62 bits per heavy atom. The second kappa shape index (κ2) is 8.57. The number of rotatable bonds is 4. The number of benzene rings is 1. The van der Waals surface area contributed by atoms with Gasteiger partial charge >= 0.3 is 6.09 Å². The fourth-order valence-electron chi connectivity index (χ4n) is 4.55. The van der Waals surface area contributed by atoms with Crippen LogP contribution in [0.2, 0.25) is 0 Å². The number of nitrogens with zero attached hydrogens (tertiary/aromatic N) is 3. The summed E-state index contributed by atoms with van der Waals surface area (Å²) < 4.78 is 19.2. The first-order chi connectivity index (χ1) is 14.0. The van der Waals surface area contributed by atoms with E-state index in [2.05, 4.69) is 4.90 Å². The molecule has 2 heterocycles. The Bertz CT molecular complexity index is 757. The van der Waals surface area contributed by atoms with E-state index in [-0.39, 0.29) is 18.9 Å². The highest BCUT2D eigenvalue weighted by molar-refractivity contribution is 5.86. The van der Waals surface area contributed by atoms with Crippen LogP contribution in [0.5, 0.6) is 5.75 Å². The quantitative estimate of drug-likeness (QED) is 0.833. The molecule has 7 nitrogen and oxygen atoms in total. The Morgan fingerprint density at radius 2 is 1.93 bits per heavy atom. The number of hydrogen-bond acceptors (Lipinski definition) is 4. The van der Waals surface area contributed by atoms with Crippen LogP contribution >= 0.6 is 0 Å². The number of ether oxygens (including phenoxy) is 1. The van der Waals surface area contributed by atoms with Crippen molar-refractivity contribution in [1.29, 1.82) is 0 Å². The van der Waals surface area contributed by atoms with Crippen LogP contribution in [-0.4, -0.2) is 82.7 Å². The number of carbonyl (C=O) groups excluding carboxylic acids is 1. The second-order valence-corrected chi connectivity index (χ2v) is 8.18. The van der Waals surface area contributed by atoms with Crippen LogP contribution < -0.4 is 4.74 Å². The van der Waals surface area contributed by atoms with E-state index in [1.165, 1.54) is 36.3 Å². The monoisotopic (exact) mass is 405 g/mol. The van der Waals surface area contributed by atoms with Crippen molar-refractivity contribution in [2.24, 2.45) is 0 Å². The van der Waals surface area contributed by atoms with Crippen molar-refractivity contribution in [3.63, 3.8) is 0 Å². The summed E-state index contributed by atoms with van der Waals surface area (Å²) in [7, 11) is 0. The van der Waals surface area contributed by atoms with E-state index >= 15 is 0 Å². The smallest absolute Gasteiger partial charge is 0.408 e. The summed E-state index contributed by atoms with van der Waals surface area (Å²) in [5, 5.41) is 9.60. The molecule has 3 aliphatic rings. The van der Waals surface area contributed by atoms with Crippen LogP contribution in [0.15, 0.2) is 24.3 Å². The van der Waals surface area contributed by atoms with Gasteiger partial charge in [-0.2, -0.15) is 0 Å². The van der Waals surface area contributed by atoms with Gasteiger partial charge in [-0.3, -0.25) is 14.6 Å².